The Morgan fingerprint density at radius 1 is 1.38 bits per heavy atom. The number of anilines is 1. The number of nitrogens with one attached hydrogen (secondary N) is 1. The van der Waals surface area contributed by atoms with Crippen LogP contribution in [0.4, 0.5) is 5.69 Å². The molecule has 1 aromatic rings. The fourth-order valence-corrected chi connectivity index (χ4v) is 2.97. The van der Waals surface area contributed by atoms with Gasteiger partial charge >= 0.3 is 5.97 Å². The number of aliphatic carboxylic acids is 1. The molecule has 0 unspecified atom stereocenters. The van der Waals surface area contributed by atoms with Crippen molar-refractivity contribution in [2.45, 2.75) is 31.1 Å². The number of carboxylic acids is 1. The Hall–Kier alpha value is -1.93. The van der Waals surface area contributed by atoms with Crippen molar-refractivity contribution in [2.24, 2.45) is 10.6 Å². The maximum absolute atomic E-state index is 12.0. The summed E-state index contributed by atoms with van der Waals surface area (Å²) in [7, 11) is -3.91. The van der Waals surface area contributed by atoms with Crippen LogP contribution in [-0.2, 0) is 26.0 Å². The third kappa shape index (κ3) is 2.91. The smallest absolute Gasteiger partial charge is 0.319 e. The van der Waals surface area contributed by atoms with Crippen molar-refractivity contribution in [3.05, 3.63) is 23.8 Å². The van der Waals surface area contributed by atoms with Crippen molar-refractivity contribution in [3.63, 3.8) is 0 Å². The first-order valence-corrected chi connectivity index (χ1v) is 7.96. The molecule has 21 heavy (non-hydrogen) atoms. The molecule has 0 aromatic heterocycles. The Bertz CT molecular complexity index is 707. The first kappa shape index (κ1) is 15.5. The third-order valence-corrected chi connectivity index (χ3v) is 4.60. The van der Waals surface area contributed by atoms with Crippen molar-refractivity contribution in [1.82, 2.24) is 0 Å². The molecule has 0 atom stereocenters. The van der Waals surface area contributed by atoms with Gasteiger partial charge in [0.1, 0.15) is 5.41 Å². The molecule has 114 valence electrons. The lowest BCUT2D eigenvalue weighted by molar-refractivity contribution is -0.147. The molecule has 1 aliphatic rings. The van der Waals surface area contributed by atoms with Crippen LogP contribution >= 0.6 is 0 Å². The van der Waals surface area contributed by atoms with Gasteiger partial charge in [-0.1, -0.05) is 13.0 Å². The summed E-state index contributed by atoms with van der Waals surface area (Å²) in [6.07, 6.45) is 1.03. The van der Waals surface area contributed by atoms with E-state index in [2.05, 4.69) is 5.32 Å². The number of sulfonamides is 1. The Balaban J connectivity index is 2.30. The zero-order chi connectivity index (χ0) is 15.8. The maximum Gasteiger partial charge on any atom is 0.319 e. The molecule has 1 fully saturated rings. The minimum absolute atomic E-state index is 0.0667. The van der Waals surface area contributed by atoms with Crippen molar-refractivity contribution >= 4 is 27.6 Å². The van der Waals surface area contributed by atoms with Crippen molar-refractivity contribution in [2.75, 3.05) is 5.32 Å². The van der Waals surface area contributed by atoms with Gasteiger partial charge in [-0.05, 0) is 37.0 Å². The molecule has 0 radical (unpaired) electrons. The number of hydrogen-bond acceptors (Lipinski definition) is 4. The molecule has 0 aliphatic heterocycles. The molecule has 7 nitrogen and oxygen atoms in total. The number of benzene rings is 1. The molecule has 1 amide bonds. The van der Waals surface area contributed by atoms with E-state index in [9.17, 15) is 18.0 Å². The Kier molecular flexibility index (Phi) is 3.77. The molecule has 2 rings (SSSR count). The fraction of sp³-hybridized carbons (Fsp3) is 0.385. The summed E-state index contributed by atoms with van der Waals surface area (Å²) in [5, 5.41) is 16.6. The van der Waals surface area contributed by atoms with E-state index in [0.717, 1.165) is 0 Å². The van der Waals surface area contributed by atoms with Gasteiger partial charge in [0.05, 0.1) is 4.90 Å². The summed E-state index contributed by atoms with van der Waals surface area (Å²) in [5.41, 5.74) is -0.630. The number of carbonyl (C=O) groups is 2. The van der Waals surface area contributed by atoms with Gasteiger partial charge in [0.15, 0.2) is 0 Å². The van der Waals surface area contributed by atoms with Gasteiger partial charge in [-0.3, -0.25) is 9.59 Å². The topological polar surface area (TPSA) is 127 Å². The van der Waals surface area contributed by atoms with Gasteiger partial charge in [0.2, 0.25) is 15.9 Å². The van der Waals surface area contributed by atoms with Gasteiger partial charge in [-0.15, -0.1) is 0 Å². The average molecular weight is 312 g/mol. The van der Waals surface area contributed by atoms with E-state index in [4.69, 9.17) is 10.2 Å². The quantitative estimate of drug-likeness (QED) is 0.690. The lowest BCUT2D eigenvalue weighted by atomic mass is 10.1. The summed E-state index contributed by atoms with van der Waals surface area (Å²) < 4.78 is 23.1. The van der Waals surface area contributed by atoms with Crippen LogP contribution in [0.15, 0.2) is 23.1 Å². The second-order valence-corrected chi connectivity index (χ2v) is 6.59. The summed E-state index contributed by atoms with van der Waals surface area (Å²) in [6.45, 7) is 1.78. The fourth-order valence-electron chi connectivity index (χ4n) is 2.10. The van der Waals surface area contributed by atoms with Crippen LogP contribution in [0.3, 0.4) is 0 Å². The van der Waals surface area contributed by atoms with Gasteiger partial charge in [-0.25, -0.2) is 13.6 Å². The van der Waals surface area contributed by atoms with Crippen LogP contribution in [0, 0.1) is 5.41 Å². The molecule has 4 N–H and O–H groups in total. The number of aryl methyl sites for hydroxylation is 1. The number of nitrogens with two attached hydrogens (primary N) is 1. The zero-order valence-corrected chi connectivity index (χ0v) is 12.2. The molecule has 1 saturated carbocycles. The van der Waals surface area contributed by atoms with E-state index in [-0.39, 0.29) is 23.4 Å². The monoisotopic (exact) mass is 312 g/mol. The third-order valence-electron chi connectivity index (χ3n) is 3.61. The van der Waals surface area contributed by atoms with Gasteiger partial charge < -0.3 is 10.4 Å². The van der Waals surface area contributed by atoms with Crippen molar-refractivity contribution in [3.8, 4) is 0 Å². The number of carboxylic acid groups (broad SMARTS) is 1. The van der Waals surface area contributed by atoms with Crippen LogP contribution in [0.1, 0.15) is 25.3 Å². The van der Waals surface area contributed by atoms with Crippen LogP contribution in [-0.4, -0.2) is 25.4 Å². The maximum atomic E-state index is 12.0. The van der Waals surface area contributed by atoms with E-state index in [1.54, 1.807) is 13.0 Å². The molecule has 0 spiro atoms. The summed E-state index contributed by atoms with van der Waals surface area (Å²) in [6, 6.07) is 4.34. The second-order valence-electron chi connectivity index (χ2n) is 5.06. The van der Waals surface area contributed by atoms with E-state index in [1.165, 1.54) is 12.1 Å². The first-order valence-electron chi connectivity index (χ1n) is 6.41. The van der Waals surface area contributed by atoms with E-state index < -0.39 is 27.3 Å². The molecule has 0 bridgehead atoms. The molecule has 0 heterocycles. The SMILES string of the molecule is CCc1ccc(NC(=O)C2(C(=O)O)CC2)cc1S(N)(=O)=O. The average Bonchev–Trinajstić information content (AvgIpc) is 3.19. The highest BCUT2D eigenvalue weighted by Gasteiger charge is 2.57. The molecule has 0 saturated heterocycles. The van der Waals surface area contributed by atoms with Crippen LogP contribution in [0.25, 0.3) is 0 Å². The van der Waals surface area contributed by atoms with Crippen molar-refractivity contribution in [1.29, 1.82) is 0 Å². The number of hydrogen-bond donors (Lipinski definition) is 3. The number of primary sulfonamides is 1. The van der Waals surface area contributed by atoms with Gasteiger partial charge in [0.25, 0.3) is 0 Å². The van der Waals surface area contributed by atoms with E-state index >= 15 is 0 Å². The molecular weight excluding hydrogens is 296 g/mol. The Morgan fingerprint density at radius 2 is 2.00 bits per heavy atom. The number of amides is 1. The van der Waals surface area contributed by atoms with E-state index in [1.807, 2.05) is 0 Å². The zero-order valence-electron chi connectivity index (χ0n) is 11.4. The summed E-state index contributed by atoms with van der Waals surface area (Å²) in [4.78, 5) is 23.0. The Morgan fingerprint density at radius 3 is 2.43 bits per heavy atom. The van der Waals surface area contributed by atoms with Crippen LogP contribution in [0.5, 0.6) is 0 Å². The lowest BCUT2D eigenvalue weighted by Gasteiger charge is -2.13. The highest BCUT2D eigenvalue weighted by atomic mass is 32.2. The standard InChI is InChI=1S/C13H16N2O5S/c1-2-8-3-4-9(7-10(8)21(14,19)20)15-11(16)13(5-6-13)12(17)18/h3-4,7H,2,5-6H2,1H3,(H,15,16)(H,17,18)(H2,14,19,20). The predicted molar refractivity (Wildman–Crippen MR) is 75.1 cm³/mol. The largest absolute Gasteiger partial charge is 0.480 e. The van der Waals surface area contributed by atoms with E-state index in [0.29, 0.717) is 12.0 Å². The highest BCUT2D eigenvalue weighted by molar-refractivity contribution is 7.89. The predicted octanol–water partition coefficient (Wildman–Crippen LogP) is 0.700. The van der Waals surface area contributed by atoms with Crippen molar-refractivity contribution < 1.29 is 23.1 Å². The minimum Gasteiger partial charge on any atom is -0.480 e. The highest BCUT2D eigenvalue weighted by Crippen LogP contribution is 2.46. The van der Waals surface area contributed by atoms with Gasteiger partial charge in [0, 0.05) is 5.69 Å². The number of rotatable bonds is 5. The molecule has 1 aromatic carbocycles. The first-order chi connectivity index (χ1) is 9.70. The van der Waals surface area contributed by atoms with Crippen LogP contribution < -0.4 is 10.5 Å². The molecule has 8 heteroatoms. The molecular formula is C13H16N2O5S. The van der Waals surface area contributed by atoms with Gasteiger partial charge in [-0.2, -0.15) is 0 Å². The minimum atomic E-state index is -3.91. The lowest BCUT2D eigenvalue weighted by Crippen LogP contribution is -2.31. The number of carbonyl (C=O) groups excluding carboxylic acids is 1. The summed E-state index contributed by atoms with van der Waals surface area (Å²) in [5.74, 6) is -1.81. The van der Waals surface area contributed by atoms with Crippen LogP contribution in [0.2, 0.25) is 0 Å². The summed E-state index contributed by atoms with van der Waals surface area (Å²) >= 11 is 0. The molecule has 1 aliphatic carbocycles. The normalized spacial score (nSPS) is 16.3. The second kappa shape index (κ2) is 5.12. The Labute approximate surface area is 122 Å².